The summed E-state index contributed by atoms with van der Waals surface area (Å²) in [4.78, 5) is 0. The van der Waals surface area contributed by atoms with Crippen LogP contribution in [0, 0.1) is 0 Å². The molecular weight excluding hydrogens is 653 g/mol. The molecule has 2 nitrogen and oxygen atoms in total. The summed E-state index contributed by atoms with van der Waals surface area (Å²) in [6.07, 6.45) is 5.92. The smallest absolute Gasteiger partial charge is 0.0541 e. The average Bonchev–Trinajstić information content (AvgIpc) is 3.76. The maximum absolute atomic E-state index is 2.51. The van der Waals surface area contributed by atoms with Crippen molar-refractivity contribution in [3.8, 4) is 33.6 Å². The molecule has 0 bridgehead atoms. The number of hydrogen-bond acceptors (Lipinski definition) is 0. The van der Waals surface area contributed by atoms with E-state index in [-0.39, 0.29) is 5.92 Å². The topological polar surface area (TPSA) is 9.86 Å². The second kappa shape index (κ2) is 12.4. The fraction of sp³-hybridized carbons (Fsp3) is 0.0385. The van der Waals surface area contributed by atoms with E-state index in [0.29, 0.717) is 0 Å². The monoisotopic (exact) mass is 688 g/mol. The van der Waals surface area contributed by atoms with Gasteiger partial charge in [-0.2, -0.15) is 0 Å². The predicted molar refractivity (Wildman–Crippen MR) is 228 cm³/mol. The van der Waals surface area contributed by atoms with E-state index in [0.717, 1.165) is 6.42 Å². The number of hydrogen-bond donors (Lipinski definition) is 0. The Hall–Kier alpha value is -6.90. The molecule has 0 saturated carbocycles. The lowest BCUT2D eigenvalue weighted by atomic mass is 9.90. The quantitative estimate of drug-likeness (QED) is 0.170. The van der Waals surface area contributed by atoms with E-state index in [9.17, 15) is 0 Å². The number of nitrogens with zero attached hydrogens (tertiary/aromatic N) is 2. The second-order valence-corrected chi connectivity index (χ2v) is 14.5. The summed E-state index contributed by atoms with van der Waals surface area (Å²) in [6, 6.07) is 68.8. The zero-order chi connectivity index (χ0) is 35.6. The zero-order valence-electron chi connectivity index (χ0n) is 29.7. The molecule has 54 heavy (non-hydrogen) atoms. The summed E-state index contributed by atoms with van der Waals surface area (Å²) >= 11 is 0. The minimum Gasteiger partial charge on any atom is -0.310 e. The fourth-order valence-electron chi connectivity index (χ4n) is 8.80. The molecule has 0 N–H and O–H groups in total. The SMILES string of the molecule is C1=c2c(n(-c3cccc(-c4ccc(-c5ccc6ccccc6c5)cc4)c3)c3ccccc23)=CCC1c1ccc2c(c1)c1ccccc1n2-c1ccccc1. The maximum Gasteiger partial charge on any atom is 0.0541 e. The summed E-state index contributed by atoms with van der Waals surface area (Å²) in [5, 5.41) is 9.01. The van der Waals surface area contributed by atoms with E-state index < -0.39 is 0 Å². The molecule has 0 saturated heterocycles. The van der Waals surface area contributed by atoms with Crippen molar-refractivity contribution < 1.29 is 0 Å². The van der Waals surface area contributed by atoms with Gasteiger partial charge in [0.15, 0.2) is 0 Å². The Bertz CT molecular complexity index is 3180. The standard InChI is InChI=1S/C52H36N2/c1-2-14-43(15-3-1)53-49-19-8-6-17-45(49)47-33-41(27-29-51(47)53)42-28-30-52-48(34-42)46-18-7-9-20-50(46)54(52)44-16-10-13-39(32-44)36-21-23-37(24-22-36)40-26-25-35-11-4-5-12-38(35)31-40/h1-27,29-34,42H,28H2. The van der Waals surface area contributed by atoms with Gasteiger partial charge in [-0.05, 0) is 99.6 Å². The summed E-state index contributed by atoms with van der Waals surface area (Å²) in [5.41, 5.74) is 12.3. The van der Waals surface area contributed by atoms with Crippen LogP contribution < -0.4 is 10.6 Å². The average molecular weight is 689 g/mol. The molecular formula is C52H36N2. The third-order valence-electron chi connectivity index (χ3n) is 11.4. The highest BCUT2D eigenvalue weighted by atomic mass is 15.0. The lowest BCUT2D eigenvalue weighted by molar-refractivity contribution is 0.909. The molecule has 254 valence electrons. The van der Waals surface area contributed by atoms with Gasteiger partial charge in [-0.3, -0.25) is 0 Å². The van der Waals surface area contributed by atoms with Gasteiger partial charge in [-0.15, -0.1) is 0 Å². The Labute approximate surface area is 313 Å². The summed E-state index contributed by atoms with van der Waals surface area (Å²) in [7, 11) is 0. The van der Waals surface area contributed by atoms with Gasteiger partial charge >= 0.3 is 0 Å². The van der Waals surface area contributed by atoms with Crippen molar-refractivity contribution >= 4 is 55.6 Å². The summed E-state index contributed by atoms with van der Waals surface area (Å²) < 4.78 is 4.85. The molecule has 0 fully saturated rings. The van der Waals surface area contributed by atoms with E-state index in [1.807, 2.05) is 0 Å². The van der Waals surface area contributed by atoms with Crippen LogP contribution in [0.4, 0.5) is 0 Å². The van der Waals surface area contributed by atoms with Gasteiger partial charge in [0.2, 0.25) is 0 Å². The highest BCUT2D eigenvalue weighted by Crippen LogP contribution is 2.36. The molecule has 11 rings (SSSR count). The lowest BCUT2D eigenvalue weighted by Gasteiger charge is -2.16. The molecule has 2 heteroatoms. The first-order valence-electron chi connectivity index (χ1n) is 18.9. The van der Waals surface area contributed by atoms with Crippen LogP contribution >= 0.6 is 0 Å². The Balaban J connectivity index is 0.978. The van der Waals surface area contributed by atoms with Crippen molar-refractivity contribution in [2.24, 2.45) is 0 Å². The number of benzene rings is 8. The minimum atomic E-state index is 0.285. The molecule has 10 aromatic rings. The zero-order valence-corrected chi connectivity index (χ0v) is 29.7. The molecule has 0 spiro atoms. The molecule has 1 aliphatic rings. The molecule has 2 aromatic heterocycles. The molecule has 0 aliphatic heterocycles. The first kappa shape index (κ1) is 30.7. The van der Waals surface area contributed by atoms with E-state index >= 15 is 0 Å². The van der Waals surface area contributed by atoms with Crippen molar-refractivity contribution in [2.45, 2.75) is 12.3 Å². The summed E-state index contributed by atoms with van der Waals surface area (Å²) in [6.45, 7) is 0. The van der Waals surface area contributed by atoms with Crippen LogP contribution in [-0.2, 0) is 0 Å². The van der Waals surface area contributed by atoms with E-state index in [1.54, 1.807) is 0 Å². The van der Waals surface area contributed by atoms with Crippen molar-refractivity contribution in [1.29, 1.82) is 0 Å². The van der Waals surface area contributed by atoms with Crippen LogP contribution in [-0.4, -0.2) is 9.13 Å². The van der Waals surface area contributed by atoms with Crippen LogP contribution in [0.15, 0.2) is 188 Å². The lowest BCUT2D eigenvalue weighted by Crippen LogP contribution is -2.31. The third kappa shape index (κ3) is 4.95. The van der Waals surface area contributed by atoms with Crippen LogP contribution in [0.2, 0.25) is 0 Å². The molecule has 1 aliphatic carbocycles. The van der Waals surface area contributed by atoms with Crippen LogP contribution in [0.1, 0.15) is 17.9 Å². The Morgan fingerprint density at radius 2 is 1.02 bits per heavy atom. The Kier molecular flexibility index (Phi) is 7.03. The first-order valence-corrected chi connectivity index (χ1v) is 18.9. The van der Waals surface area contributed by atoms with E-state index in [2.05, 4.69) is 209 Å². The van der Waals surface area contributed by atoms with Crippen LogP contribution in [0.25, 0.3) is 89.3 Å². The Morgan fingerprint density at radius 1 is 0.389 bits per heavy atom. The predicted octanol–water partition coefficient (Wildman–Crippen LogP) is 12.0. The molecule has 8 aromatic carbocycles. The van der Waals surface area contributed by atoms with Gasteiger partial charge in [0.25, 0.3) is 0 Å². The largest absolute Gasteiger partial charge is 0.310 e. The molecule has 2 heterocycles. The van der Waals surface area contributed by atoms with Crippen LogP contribution in [0.3, 0.4) is 0 Å². The van der Waals surface area contributed by atoms with Gasteiger partial charge in [0.05, 0.1) is 16.6 Å². The van der Waals surface area contributed by atoms with Crippen LogP contribution in [0.5, 0.6) is 0 Å². The normalized spacial score (nSPS) is 14.0. The van der Waals surface area contributed by atoms with Gasteiger partial charge in [-0.25, -0.2) is 0 Å². The molecule has 1 atom stereocenters. The van der Waals surface area contributed by atoms with Crippen molar-refractivity contribution in [1.82, 2.24) is 9.13 Å². The first-order chi connectivity index (χ1) is 26.8. The van der Waals surface area contributed by atoms with Gasteiger partial charge in [0.1, 0.15) is 0 Å². The third-order valence-corrected chi connectivity index (χ3v) is 11.4. The second-order valence-electron chi connectivity index (χ2n) is 14.5. The maximum atomic E-state index is 2.51. The molecule has 0 amide bonds. The minimum absolute atomic E-state index is 0.285. The van der Waals surface area contributed by atoms with Gasteiger partial charge in [-0.1, -0.05) is 146 Å². The van der Waals surface area contributed by atoms with Gasteiger partial charge in [0, 0.05) is 44.0 Å². The molecule has 0 radical (unpaired) electrons. The fourth-order valence-corrected chi connectivity index (χ4v) is 8.80. The van der Waals surface area contributed by atoms with Crippen molar-refractivity contribution in [2.75, 3.05) is 0 Å². The van der Waals surface area contributed by atoms with E-state index in [4.69, 9.17) is 0 Å². The number of fused-ring (bicyclic) bond motifs is 7. The van der Waals surface area contributed by atoms with Crippen molar-refractivity contribution in [3.05, 3.63) is 204 Å². The Morgan fingerprint density at radius 3 is 1.83 bits per heavy atom. The number of rotatable bonds is 5. The molecule has 1 unspecified atom stereocenters. The summed E-state index contributed by atoms with van der Waals surface area (Å²) in [5.74, 6) is 0.285. The number of para-hydroxylation sites is 3. The highest BCUT2D eigenvalue weighted by Gasteiger charge is 2.19. The van der Waals surface area contributed by atoms with E-state index in [1.165, 1.54) is 93.2 Å². The van der Waals surface area contributed by atoms with Crippen molar-refractivity contribution in [3.63, 3.8) is 0 Å². The van der Waals surface area contributed by atoms with Gasteiger partial charge < -0.3 is 9.13 Å². The number of aromatic nitrogens is 2. The highest BCUT2D eigenvalue weighted by molar-refractivity contribution is 6.09.